The summed E-state index contributed by atoms with van der Waals surface area (Å²) < 4.78 is 17.4. The molecule has 0 fully saturated rings. The molecule has 4 aromatic rings. The van der Waals surface area contributed by atoms with Crippen LogP contribution in [0.25, 0.3) is 10.2 Å². The van der Waals surface area contributed by atoms with Crippen LogP contribution < -0.4 is 25.3 Å². The molecule has 0 aliphatic heterocycles. The molecule has 2 aromatic carbocycles. The van der Waals surface area contributed by atoms with Crippen molar-refractivity contribution < 1.29 is 14.2 Å². The van der Waals surface area contributed by atoms with Crippen LogP contribution in [0.4, 0.5) is 16.6 Å². The van der Waals surface area contributed by atoms with Crippen LogP contribution in [0.5, 0.6) is 23.1 Å². The number of hydrogen-bond donors (Lipinski definition) is 2. The third kappa shape index (κ3) is 3.47. The highest BCUT2D eigenvalue weighted by Gasteiger charge is 2.14. The lowest BCUT2D eigenvalue weighted by Gasteiger charge is -2.12. The Labute approximate surface area is 164 Å². The van der Waals surface area contributed by atoms with Crippen molar-refractivity contribution >= 4 is 38.2 Å². The van der Waals surface area contributed by atoms with Crippen molar-refractivity contribution in [1.82, 2.24) is 15.0 Å². The molecule has 0 saturated heterocycles. The number of ether oxygens (including phenoxy) is 3. The summed E-state index contributed by atoms with van der Waals surface area (Å²) in [5, 5.41) is 3.78. The molecule has 9 heteroatoms. The Hall–Kier alpha value is -3.59. The van der Waals surface area contributed by atoms with Crippen molar-refractivity contribution in [1.29, 1.82) is 0 Å². The van der Waals surface area contributed by atoms with Gasteiger partial charge in [-0.15, -0.1) is 0 Å². The lowest BCUT2D eigenvalue weighted by molar-refractivity contribution is 0.374. The summed E-state index contributed by atoms with van der Waals surface area (Å²) >= 11 is 1.47. The van der Waals surface area contributed by atoms with Gasteiger partial charge < -0.3 is 25.3 Å². The Morgan fingerprint density at radius 2 is 1.82 bits per heavy atom. The van der Waals surface area contributed by atoms with Crippen molar-refractivity contribution in [2.75, 3.05) is 25.3 Å². The molecule has 8 nitrogen and oxygen atoms in total. The van der Waals surface area contributed by atoms with Crippen LogP contribution in [0.15, 0.2) is 48.8 Å². The first-order chi connectivity index (χ1) is 13.7. The van der Waals surface area contributed by atoms with Gasteiger partial charge >= 0.3 is 0 Å². The molecule has 2 aromatic heterocycles. The van der Waals surface area contributed by atoms with Crippen LogP contribution in [0.1, 0.15) is 0 Å². The highest BCUT2D eigenvalue weighted by molar-refractivity contribution is 7.22. The molecule has 0 spiro atoms. The predicted octanol–water partition coefficient (Wildman–Crippen LogP) is 4.22. The molecule has 0 saturated carbocycles. The van der Waals surface area contributed by atoms with Crippen LogP contribution >= 0.6 is 11.3 Å². The molecule has 0 atom stereocenters. The predicted molar refractivity (Wildman–Crippen MR) is 109 cm³/mol. The first-order valence-corrected chi connectivity index (χ1v) is 9.12. The second-order valence-electron chi connectivity index (χ2n) is 5.67. The van der Waals surface area contributed by atoms with Gasteiger partial charge in [0.05, 0.1) is 24.4 Å². The van der Waals surface area contributed by atoms with Gasteiger partial charge in [0.15, 0.2) is 22.4 Å². The summed E-state index contributed by atoms with van der Waals surface area (Å²) in [4.78, 5) is 12.9. The van der Waals surface area contributed by atoms with Gasteiger partial charge in [-0.2, -0.15) is 4.98 Å². The number of aromatic nitrogens is 3. The number of nitrogens with two attached hydrogens (primary N) is 1. The molecule has 0 aliphatic carbocycles. The van der Waals surface area contributed by atoms with E-state index in [4.69, 9.17) is 19.9 Å². The lowest BCUT2D eigenvalue weighted by Crippen LogP contribution is -2.03. The smallest absolute Gasteiger partial charge is 0.248 e. The van der Waals surface area contributed by atoms with Gasteiger partial charge in [-0.3, -0.25) is 0 Å². The van der Waals surface area contributed by atoms with Gasteiger partial charge in [0, 0.05) is 0 Å². The third-order valence-corrected chi connectivity index (χ3v) is 4.88. The number of hydrogen-bond acceptors (Lipinski definition) is 9. The Kier molecular flexibility index (Phi) is 4.81. The zero-order chi connectivity index (χ0) is 19.5. The molecule has 0 unspecified atom stereocenters. The first-order valence-electron chi connectivity index (χ1n) is 8.31. The van der Waals surface area contributed by atoms with Gasteiger partial charge in [-0.05, 0) is 30.3 Å². The van der Waals surface area contributed by atoms with Gasteiger partial charge in [0.2, 0.25) is 5.88 Å². The topological polar surface area (TPSA) is 104 Å². The number of rotatable bonds is 6. The number of fused-ring (bicyclic) bond motifs is 1. The molecular formula is C19H17N5O3S. The summed E-state index contributed by atoms with van der Waals surface area (Å²) in [5.41, 5.74) is 7.34. The normalized spacial score (nSPS) is 10.6. The minimum Gasteiger partial charge on any atom is -0.497 e. The number of thiazole rings is 1. The summed E-state index contributed by atoms with van der Waals surface area (Å²) in [5.74, 6) is 2.50. The van der Waals surface area contributed by atoms with Crippen LogP contribution in [-0.4, -0.2) is 29.2 Å². The minimum atomic E-state index is 0.227. The lowest BCUT2D eigenvalue weighted by atomic mass is 10.3. The summed E-state index contributed by atoms with van der Waals surface area (Å²) in [6.45, 7) is 0. The molecule has 0 bridgehead atoms. The molecule has 3 N–H and O–H groups in total. The van der Waals surface area contributed by atoms with E-state index in [1.807, 2.05) is 30.3 Å². The standard InChI is InChI=1S/C19H17N5O3S/c1-25-11-7-8-12-15(9-11)28-19(23-12)24-17-16(20)18(22-10-21-17)27-14-6-4-3-5-13(14)26-2/h3-10H,20H2,1-2H3,(H,21,22,23,24). The van der Waals surface area contributed by atoms with E-state index in [9.17, 15) is 0 Å². The molecule has 0 aliphatic rings. The number of anilines is 3. The van der Waals surface area contributed by atoms with E-state index in [-0.39, 0.29) is 11.6 Å². The van der Waals surface area contributed by atoms with Crippen molar-refractivity contribution in [3.8, 4) is 23.1 Å². The van der Waals surface area contributed by atoms with Crippen LogP contribution in [0.3, 0.4) is 0 Å². The molecule has 0 radical (unpaired) electrons. The van der Waals surface area contributed by atoms with Crippen molar-refractivity contribution in [2.24, 2.45) is 0 Å². The summed E-state index contributed by atoms with van der Waals surface area (Å²) in [7, 11) is 3.20. The maximum Gasteiger partial charge on any atom is 0.248 e. The number of methoxy groups -OCH3 is 2. The van der Waals surface area contributed by atoms with Gasteiger partial charge in [0.1, 0.15) is 17.8 Å². The quantitative estimate of drug-likeness (QED) is 0.500. The average molecular weight is 395 g/mol. The number of nitrogen functional groups attached to an aromatic ring is 1. The largest absolute Gasteiger partial charge is 0.497 e. The monoisotopic (exact) mass is 395 g/mol. The highest BCUT2D eigenvalue weighted by atomic mass is 32.1. The molecular weight excluding hydrogens is 378 g/mol. The van der Waals surface area contributed by atoms with E-state index in [0.717, 1.165) is 16.0 Å². The zero-order valence-electron chi connectivity index (χ0n) is 15.2. The fraction of sp³-hybridized carbons (Fsp3) is 0.105. The minimum absolute atomic E-state index is 0.227. The molecule has 2 heterocycles. The van der Waals surface area contributed by atoms with E-state index >= 15 is 0 Å². The van der Waals surface area contributed by atoms with E-state index in [2.05, 4.69) is 20.3 Å². The second-order valence-corrected chi connectivity index (χ2v) is 6.70. The van der Waals surface area contributed by atoms with Crippen LogP contribution in [-0.2, 0) is 0 Å². The number of nitrogens with zero attached hydrogens (tertiary/aromatic N) is 3. The van der Waals surface area contributed by atoms with Crippen molar-refractivity contribution in [3.05, 3.63) is 48.8 Å². The Morgan fingerprint density at radius 3 is 2.61 bits per heavy atom. The highest BCUT2D eigenvalue weighted by Crippen LogP contribution is 2.36. The average Bonchev–Trinajstić information content (AvgIpc) is 3.12. The molecule has 28 heavy (non-hydrogen) atoms. The van der Waals surface area contributed by atoms with Gasteiger partial charge in [-0.1, -0.05) is 23.5 Å². The first kappa shape index (κ1) is 17.8. The Morgan fingerprint density at radius 1 is 1.00 bits per heavy atom. The van der Waals surface area contributed by atoms with Crippen LogP contribution in [0, 0.1) is 0 Å². The Balaban J connectivity index is 1.61. The van der Waals surface area contributed by atoms with Gasteiger partial charge in [-0.25, -0.2) is 9.97 Å². The van der Waals surface area contributed by atoms with E-state index in [1.165, 1.54) is 17.7 Å². The van der Waals surface area contributed by atoms with Crippen LogP contribution in [0.2, 0.25) is 0 Å². The fourth-order valence-corrected chi connectivity index (χ4v) is 3.45. The number of para-hydroxylation sites is 2. The fourth-order valence-electron chi connectivity index (χ4n) is 2.55. The Bertz CT molecular complexity index is 1130. The second kappa shape index (κ2) is 7.57. The van der Waals surface area contributed by atoms with Crippen molar-refractivity contribution in [3.63, 3.8) is 0 Å². The third-order valence-electron chi connectivity index (χ3n) is 3.94. The summed E-state index contributed by atoms with van der Waals surface area (Å²) in [6, 6.07) is 12.9. The molecule has 0 amide bonds. The molecule has 4 rings (SSSR count). The zero-order valence-corrected chi connectivity index (χ0v) is 16.0. The maximum absolute atomic E-state index is 6.21. The summed E-state index contributed by atoms with van der Waals surface area (Å²) in [6.07, 6.45) is 1.37. The maximum atomic E-state index is 6.21. The SMILES string of the molecule is COc1ccc2nc(Nc3ncnc(Oc4ccccc4OC)c3N)sc2c1. The van der Waals surface area contributed by atoms with E-state index in [1.54, 1.807) is 26.4 Å². The van der Waals surface area contributed by atoms with E-state index in [0.29, 0.717) is 22.4 Å². The van der Waals surface area contributed by atoms with Gasteiger partial charge in [0.25, 0.3) is 0 Å². The van der Waals surface area contributed by atoms with E-state index < -0.39 is 0 Å². The number of nitrogens with one attached hydrogen (secondary N) is 1. The van der Waals surface area contributed by atoms with Crippen molar-refractivity contribution in [2.45, 2.75) is 0 Å². The number of benzene rings is 2. The molecule has 142 valence electrons.